The van der Waals surface area contributed by atoms with E-state index in [1.165, 1.54) is 173 Å². The van der Waals surface area contributed by atoms with Crippen molar-refractivity contribution in [2.24, 2.45) is 5.41 Å². The van der Waals surface area contributed by atoms with Crippen molar-refractivity contribution in [3.05, 3.63) is 0 Å². The monoisotopic (exact) mass is 1600 g/mol. The fourth-order valence-corrected chi connectivity index (χ4v) is 12.5. The Bertz CT molecular complexity index is 2240. The van der Waals surface area contributed by atoms with E-state index in [0.29, 0.717) is 25.7 Å². The number of carboxylic acids is 5. The van der Waals surface area contributed by atoms with Gasteiger partial charge in [-0.2, -0.15) is 0 Å². The molecular formula is C82H149N5O25. The molecule has 2 amide bonds. The smallest absolute Gasteiger partial charge is 0.321 e. The summed E-state index contributed by atoms with van der Waals surface area (Å²) in [5.41, 5.74) is 1.05. The highest BCUT2D eigenvalue weighted by molar-refractivity contribution is 5.84. The maximum Gasteiger partial charge on any atom is 0.321 e. The Labute approximate surface area is 668 Å². The minimum Gasteiger partial charge on any atom is -0.480 e. The minimum atomic E-state index is -1.64. The van der Waals surface area contributed by atoms with E-state index in [0.717, 1.165) is 72.5 Å². The van der Waals surface area contributed by atoms with Gasteiger partial charge >= 0.3 is 53.7 Å². The molecule has 0 saturated carbocycles. The molecule has 0 radical (unpaired) electrons. The summed E-state index contributed by atoms with van der Waals surface area (Å²) in [6, 6.07) is -1.64. The van der Waals surface area contributed by atoms with Gasteiger partial charge in [0, 0.05) is 52.0 Å². The highest BCUT2D eigenvalue weighted by atomic mass is 16.7. The number of esters is 4. The lowest BCUT2D eigenvalue weighted by atomic mass is 9.92. The summed E-state index contributed by atoms with van der Waals surface area (Å²) in [7, 11) is 0. The third-order valence-corrected chi connectivity index (χ3v) is 19.0. The van der Waals surface area contributed by atoms with Crippen LogP contribution in [0.1, 0.15) is 303 Å². The number of nitrogens with zero attached hydrogens (tertiary/aromatic N) is 3. The highest BCUT2D eigenvalue weighted by Crippen LogP contribution is 2.24. The molecule has 1 atom stereocenters. The van der Waals surface area contributed by atoms with Crippen molar-refractivity contribution in [1.82, 2.24) is 25.5 Å². The second-order valence-corrected chi connectivity index (χ2v) is 29.6. The highest BCUT2D eigenvalue weighted by Gasteiger charge is 2.37. The molecule has 652 valence electrons. The zero-order valence-electron chi connectivity index (χ0n) is 69.0. The number of carbonyl (C=O) groups excluding carboxylic acids is 6. The Morgan fingerprint density at radius 1 is 0.321 bits per heavy atom. The first-order chi connectivity index (χ1) is 54.1. The molecule has 1 unspecified atom stereocenters. The third kappa shape index (κ3) is 70.5. The van der Waals surface area contributed by atoms with E-state index in [4.69, 9.17) is 42.7 Å². The van der Waals surface area contributed by atoms with Gasteiger partial charge in [0.1, 0.15) is 39.1 Å². The molecule has 0 aromatic carbocycles. The van der Waals surface area contributed by atoms with Crippen LogP contribution in [0.25, 0.3) is 0 Å². The van der Waals surface area contributed by atoms with Crippen molar-refractivity contribution in [2.45, 2.75) is 309 Å². The maximum atomic E-state index is 13.4. The molecule has 0 bridgehead atoms. The van der Waals surface area contributed by atoms with Crippen molar-refractivity contribution in [2.75, 3.05) is 145 Å². The number of unbranched alkanes of at least 4 members (excludes halogenated alkanes) is 36. The molecule has 0 aliphatic heterocycles. The maximum absolute atomic E-state index is 13.4. The average Bonchev–Trinajstić information content (AvgIpc) is 0.865. The molecule has 0 heterocycles. The molecule has 30 nitrogen and oxygen atoms in total. The van der Waals surface area contributed by atoms with Gasteiger partial charge in [0.15, 0.2) is 0 Å². The molecule has 0 aromatic heterocycles. The summed E-state index contributed by atoms with van der Waals surface area (Å²) in [6.45, 7) is 0.933. The first-order valence-corrected chi connectivity index (χ1v) is 42.5. The molecule has 7 N–H and O–H groups in total. The van der Waals surface area contributed by atoms with Gasteiger partial charge in [-0.15, -0.1) is 0 Å². The Morgan fingerprint density at radius 3 is 0.991 bits per heavy atom. The lowest BCUT2D eigenvalue weighted by Gasteiger charge is -2.32. The minimum absolute atomic E-state index is 0.0628. The fourth-order valence-electron chi connectivity index (χ4n) is 12.5. The molecule has 0 spiro atoms. The quantitative estimate of drug-likeness (QED) is 0.0129. The van der Waals surface area contributed by atoms with Gasteiger partial charge in [-0.05, 0) is 25.7 Å². The fraction of sp³-hybridized carbons (Fsp3) is 0.866. The second-order valence-electron chi connectivity index (χ2n) is 29.6. The van der Waals surface area contributed by atoms with Crippen LogP contribution in [0.4, 0.5) is 0 Å². The van der Waals surface area contributed by atoms with Gasteiger partial charge in [0.25, 0.3) is 5.91 Å². The van der Waals surface area contributed by atoms with Crippen LogP contribution in [0.5, 0.6) is 0 Å². The Morgan fingerprint density at radius 2 is 0.643 bits per heavy atom. The van der Waals surface area contributed by atoms with Crippen LogP contribution < -0.4 is 10.8 Å². The van der Waals surface area contributed by atoms with E-state index in [2.05, 4.69) is 31.6 Å². The first kappa shape index (κ1) is 106. The molecule has 0 fully saturated rings. The molecule has 0 aromatic rings. The van der Waals surface area contributed by atoms with Crippen LogP contribution in [-0.2, 0) is 95.5 Å². The number of aliphatic carboxylic acids is 5. The summed E-state index contributed by atoms with van der Waals surface area (Å²) >= 11 is 0. The summed E-state index contributed by atoms with van der Waals surface area (Å²) in [5, 5.41) is 49.5. The zero-order chi connectivity index (χ0) is 82.6. The molecular weight excluding hydrogens is 1450 g/mol. The van der Waals surface area contributed by atoms with Crippen molar-refractivity contribution >= 4 is 65.5 Å². The van der Waals surface area contributed by atoms with E-state index in [9.17, 15) is 78.3 Å². The number of carbonyl (C=O) groups is 11. The molecule has 0 aliphatic rings. The molecule has 0 rings (SSSR count). The Balaban J connectivity index is 5.38. The normalized spacial score (nSPS) is 11.8. The van der Waals surface area contributed by atoms with Crippen LogP contribution in [0, 0.1) is 5.41 Å². The molecule has 112 heavy (non-hydrogen) atoms. The average molecular weight is 1610 g/mol. The summed E-state index contributed by atoms with van der Waals surface area (Å²) in [4.78, 5) is 144. The SMILES string of the molecule is CCCCCCCCCCCCCCCC(=O)OCC(COCCOCCCONC(=O)CNC(=O)COCCOCCOC(=O)CC(C(=O)O)N(CCN(CC(=O)O)CC(=O)O)CCN(CC(=O)O)CC(=O)O)(COC(=O)CCCCCCCCCCCCCCC)COC(=O)CCCCCCCCCCCCCCC. The number of rotatable bonds is 86. The predicted molar refractivity (Wildman–Crippen MR) is 423 cm³/mol. The standard InChI is InChI=1S/C82H149N5O25/c1-4-7-10-13-16-19-22-25-28-31-34-37-40-44-77(98)109-67-82(68-110-78(99)45-41-38-35-32-29-26-23-20-17-14-11-8-5-2,69-111-79(100)46-42-39-36-33-30-27-24-21-18-15-12-9-6-3)66-107-56-54-104-51-43-52-112-84-71(88)60-83-72(89)65-106-55-53-105-57-58-108-80(101)59-70(81(102)103)87(49-47-85(61-73(90)91)62-74(92)93)50-48-86(63-75(94)95)64-76(96)97/h70H,4-69H2,1-3H3,(H,83,89)(H,84,88)(H,90,91)(H,92,93)(H,94,95)(H,96,97)(H,102,103). The summed E-state index contributed by atoms with van der Waals surface area (Å²) in [5.74, 6) is -10.4. The second kappa shape index (κ2) is 76.2. The van der Waals surface area contributed by atoms with Crippen LogP contribution in [0.3, 0.4) is 0 Å². The van der Waals surface area contributed by atoms with E-state index in [-0.39, 0.29) is 143 Å². The van der Waals surface area contributed by atoms with Crippen LogP contribution in [0.2, 0.25) is 0 Å². The van der Waals surface area contributed by atoms with Crippen LogP contribution in [0.15, 0.2) is 0 Å². The van der Waals surface area contributed by atoms with Gasteiger partial charge in [0.05, 0.1) is 90.8 Å². The summed E-state index contributed by atoms with van der Waals surface area (Å²) in [6.07, 6.45) is 46.2. The summed E-state index contributed by atoms with van der Waals surface area (Å²) < 4.78 is 45.6. The number of carboxylic acid groups (broad SMARTS) is 5. The van der Waals surface area contributed by atoms with Crippen molar-refractivity contribution in [3.8, 4) is 0 Å². The van der Waals surface area contributed by atoms with E-state index >= 15 is 0 Å². The lowest BCUT2D eigenvalue weighted by molar-refractivity contribution is -0.168. The van der Waals surface area contributed by atoms with Gasteiger partial charge < -0.3 is 68.7 Å². The molecule has 0 saturated heterocycles. The largest absolute Gasteiger partial charge is 0.480 e. The predicted octanol–water partition coefficient (Wildman–Crippen LogP) is 12.3. The van der Waals surface area contributed by atoms with Crippen LogP contribution in [-0.4, -0.2) is 257 Å². The number of amides is 2. The van der Waals surface area contributed by atoms with Crippen molar-refractivity contribution in [3.63, 3.8) is 0 Å². The van der Waals surface area contributed by atoms with E-state index in [1.807, 2.05) is 0 Å². The number of hydrogen-bond donors (Lipinski definition) is 7. The van der Waals surface area contributed by atoms with Gasteiger partial charge in [0.2, 0.25) is 5.91 Å². The number of hydroxylamine groups is 1. The van der Waals surface area contributed by atoms with Gasteiger partial charge in [-0.1, -0.05) is 252 Å². The Hall–Kier alpha value is -6.15. The number of nitrogens with one attached hydrogen (secondary N) is 2. The van der Waals surface area contributed by atoms with E-state index < -0.39 is 105 Å². The van der Waals surface area contributed by atoms with Gasteiger partial charge in [-0.25, -0.2) is 5.48 Å². The van der Waals surface area contributed by atoms with E-state index in [1.54, 1.807) is 0 Å². The topological polar surface area (TPSA) is 406 Å². The number of ether oxygens (including phenoxy) is 8. The number of hydrogen-bond acceptors (Lipinski definition) is 23. The first-order valence-electron chi connectivity index (χ1n) is 42.5. The zero-order valence-corrected chi connectivity index (χ0v) is 69.0. The lowest BCUT2D eigenvalue weighted by Crippen LogP contribution is -2.50. The van der Waals surface area contributed by atoms with Crippen LogP contribution >= 0.6 is 0 Å². The van der Waals surface area contributed by atoms with Gasteiger partial charge in [-0.3, -0.25) is 72.3 Å². The third-order valence-electron chi connectivity index (χ3n) is 19.0. The molecule has 30 heteroatoms. The van der Waals surface area contributed by atoms with Crippen molar-refractivity contribution in [1.29, 1.82) is 0 Å². The van der Waals surface area contributed by atoms with Crippen molar-refractivity contribution < 1.29 is 121 Å². The Kier molecular flexibility index (Phi) is 72.0. The molecule has 0 aliphatic carbocycles.